The molecular weight excluding hydrogens is 369 g/mol. The Kier molecular flexibility index (Phi) is 4.76. The summed E-state index contributed by atoms with van der Waals surface area (Å²) in [5.74, 6) is -0.590. The standard InChI is InChI=1S/C17H11Cl2NO3S/c1-9(21)20-12-4-2-3-5-13(12)23-17(22)16-15(19)11-7-6-10(18)8-14(11)24-16/h2-8H,1H3,(H,20,21). The second-order valence-corrected chi connectivity index (χ2v) is 6.82. The van der Waals surface area contributed by atoms with E-state index in [1.807, 2.05) is 0 Å². The number of anilines is 1. The first-order valence-corrected chi connectivity index (χ1v) is 8.49. The zero-order chi connectivity index (χ0) is 17.3. The molecule has 0 aliphatic carbocycles. The molecule has 4 nitrogen and oxygen atoms in total. The number of rotatable bonds is 3. The van der Waals surface area contributed by atoms with Crippen molar-refractivity contribution in [1.29, 1.82) is 0 Å². The van der Waals surface area contributed by atoms with Crippen LogP contribution in [0.25, 0.3) is 10.1 Å². The third-order valence-corrected chi connectivity index (χ3v) is 5.05. The molecule has 24 heavy (non-hydrogen) atoms. The number of hydrogen-bond donors (Lipinski definition) is 1. The number of carbonyl (C=O) groups is 2. The molecule has 0 saturated carbocycles. The molecule has 122 valence electrons. The maximum atomic E-state index is 12.5. The highest BCUT2D eigenvalue weighted by molar-refractivity contribution is 7.21. The monoisotopic (exact) mass is 379 g/mol. The number of nitrogens with one attached hydrogen (secondary N) is 1. The Bertz CT molecular complexity index is 952. The van der Waals surface area contributed by atoms with Crippen LogP contribution in [0.5, 0.6) is 5.75 Å². The van der Waals surface area contributed by atoms with Crippen LogP contribution in [0, 0.1) is 0 Å². The smallest absolute Gasteiger partial charge is 0.355 e. The number of esters is 1. The summed E-state index contributed by atoms with van der Waals surface area (Å²) in [5.41, 5.74) is 0.415. The van der Waals surface area contributed by atoms with Gasteiger partial charge in [0.2, 0.25) is 5.91 Å². The van der Waals surface area contributed by atoms with Crippen LogP contribution in [-0.4, -0.2) is 11.9 Å². The van der Waals surface area contributed by atoms with E-state index in [9.17, 15) is 9.59 Å². The Morgan fingerprint density at radius 1 is 1.12 bits per heavy atom. The topological polar surface area (TPSA) is 55.4 Å². The molecule has 0 aliphatic rings. The highest BCUT2D eigenvalue weighted by Gasteiger charge is 2.20. The largest absolute Gasteiger partial charge is 0.420 e. The Balaban J connectivity index is 1.94. The van der Waals surface area contributed by atoms with Crippen LogP contribution in [-0.2, 0) is 4.79 Å². The van der Waals surface area contributed by atoms with Crippen molar-refractivity contribution in [2.45, 2.75) is 6.92 Å². The van der Waals surface area contributed by atoms with Gasteiger partial charge in [-0.1, -0.05) is 41.4 Å². The molecule has 0 spiro atoms. The van der Waals surface area contributed by atoms with Gasteiger partial charge in [-0.2, -0.15) is 0 Å². The summed E-state index contributed by atoms with van der Waals surface area (Å²) >= 11 is 13.5. The lowest BCUT2D eigenvalue weighted by atomic mass is 10.2. The highest BCUT2D eigenvalue weighted by atomic mass is 35.5. The first kappa shape index (κ1) is 16.8. The normalized spacial score (nSPS) is 10.6. The van der Waals surface area contributed by atoms with E-state index >= 15 is 0 Å². The Hall–Kier alpha value is -2.08. The van der Waals surface area contributed by atoms with E-state index in [-0.39, 0.29) is 16.5 Å². The number of carbonyl (C=O) groups excluding carboxylic acids is 2. The van der Waals surface area contributed by atoms with E-state index in [2.05, 4.69) is 5.32 Å². The predicted octanol–water partition coefficient (Wildman–Crippen LogP) is 5.39. The molecule has 0 unspecified atom stereocenters. The fourth-order valence-corrected chi connectivity index (χ4v) is 3.83. The molecule has 3 aromatic rings. The fourth-order valence-electron chi connectivity index (χ4n) is 2.17. The van der Waals surface area contributed by atoms with Gasteiger partial charge in [0.25, 0.3) is 0 Å². The third kappa shape index (κ3) is 3.38. The number of halogens is 2. The van der Waals surface area contributed by atoms with Crippen molar-refractivity contribution in [3.8, 4) is 5.75 Å². The quantitative estimate of drug-likeness (QED) is 0.490. The number of ether oxygens (including phenoxy) is 1. The summed E-state index contributed by atoms with van der Waals surface area (Å²) in [6.07, 6.45) is 0. The number of amides is 1. The zero-order valence-electron chi connectivity index (χ0n) is 12.4. The van der Waals surface area contributed by atoms with Gasteiger partial charge in [-0.15, -0.1) is 11.3 Å². The zero-order valence-corrected chi connectivity index (χ0v) is 14.8. The van der Waals surface area contributed by atoms with E-state index in [0.29, 0.717) is 15.7 Å². The lowest BCUT2D eigenvalue weighted by Gasteiger charge is -2.09. The SMILES string of the molecule is CC(=O)Nc1ccccc1OC(=O)c1sc2cc(Cl)ccc2c1Cl. The Morgan fingerprint density at radius 3 is 2.62 bits per heavy atom. The number of fused-ring (bicyclic) bond motifs is 1. The van der Waals surface area contributed by atoms with Gasteiger partial charge in [0, 0.05) is 22.0 Å². The van der Waals surface area contributed by atoms with E-state index < -0.39 is 5.97 Å². The van der Waals surface area contributed by atoms with Crippen molar-refractivity contribution >= 4 is 62.2 Å². The van der Waals surface area contributed by atoms with Gasteiger partial charge in [-0.05, 0) is 24.3 Å². The van der Waals surface area contributed by atoms with Gasteiger partial charge in [-0.3, -0.25) is 4.79 Å². The van der Waals surface area contributed by atoms with Crippen LogP contribution in [0.15, 0.2) is 42.5 Å². The first-order chi connectivity index (χ1) is 11.5. The fraction of sp³-hybridized carbons (Fsp3) is 0.0588. The predicted molar refractivity (Wildman–Crippen MR) is 97.5 cm³/mol. The van der Waals surface area contributed by atoms with E-state index in [4.69, 9.17) is 27.9 Å². The molecule has 1 N–H and O–H groups in total. The van der Waals surface area contributed by atoms with Gasteiger partial charge < -0.3 is 10.1 Å². The van der Waals surface area contributed by atoms with Crippen LogP contribution in [0.3, 0.4) is 0 Å². The number of hydrogen-bond acceptors (Lipinski definition) is 4. The van der Waals surface area contributed by atoms with Crippen molar-refractivity contribution < 1.29 is 14.3 Å². The lowest BCUT2D eigenvalue weighted by molar-refractivity contribution is -0.114. The molecule has 2 aromatic carbocycles. The molecule has 1 aromatic heterocycles. The second kappa shape index (κ2) is 6.81. The summed E-state index contributed by atoms with van der Waals surface area (Å²) in [5, 5.41) is 4.25. The molecule has 0 atom stereocenters. The van der Waals surface area contributed by atoms with Gasteiger partial charge >= 0.3 is 5.97 Å². The Labute approximate surface area is 151 Å². The minimum absolute atomic E-state index is 0.254. The lowest BCUT2D eigenvalue weighted by Crippen LogP contribution is -2.11. The summed E-state index contributed by atoms with van der Waals surface area (Å²) in [6.45, 7) is 1.38. The summed E-state index contributed by atoms with van der Waals surface area (Å²) in [6, 6.07) is 11.9. The maximum Gasteiger partial charge on any atom is 0.355 e. The molecule has 0 radical (unpaired) electrons. The number of thiophene rings is 1. The van der Waals surface area contributed by atoms with Gasteiger partial charge in [0.05, 0.1) is 10.7 Å². The van der Waals surface area contributed by atoms with Crippen molar-refractivity contribution in [1.82, 2.24) is 0 Å². The molecule has 7 heteroatoms. The number of para-hydroxylation sites is 2. The first-order valence-electron chi connectivity index (χ1n) is 6.92. The van der Waals surface area contributed by atoms with Crippen LogP contribution in [0.1, 0.15) is 16.6 Å². The van der Waals surface area contributed by atoms with Crippen LogP contribution < -0.4 is 10.1 Å². The molecule has 1 amide bonds. The number of benzene rings is 2. The van der Waals surface area contributed by atoms with Crippen LogP contribution >= 0.6 is 34.5 Å². The molecular formula is C17H11Cl2NO3S. The van der Waals surface area contributed by atoms with E-state index in [1.54, 1.807) is 42.5 Å². The van der Waals surface area contributed by atoms with Crippen LogP contribution in [0.2, 0.25) is 10.0 Å². The molecule has 0 saturated heterocycles. The van der Waals surface area contributed by atoms with E-state index in [0.717, 1.165) is 10.1 Å². The van der Waals surface area contributed by atoms with Crippen molar-refractivity contribution in [2.24, 2.45) is 0 Å². The summed E-state index contributed by atoms with van der Waals surface area (Å²) < 4.78 is 6.21. The summed E-state index contributed by atoms with van der Waals surface area (Å²) in [7, 11) is 0. The molecule has 0 fully saturated rings. The van der Waals surface area contributed by atoms with Gasteiger partial charge in [0.1, 0.15) is 4.88 Å². The van der Waals surface area contributed by atoms with Crippen LogP contribution in [0.4, 0.5) is 5.69 Å². The minimum atomic E-state index is -0.588. The average molecular weight is 380 g/mol. The Morgan fingerprint density at radius 2 is 1.88 bits per heavy atom. The third-order valence-electron chi connectivity index (χ3n) is 3.18. The minimum Gasteiger partial charge on any atom is -0.420 e. The molecule has 3 rings (SSSR count). The molecule has 1 heterocycles. The second-order valence-electron chi connectivity index (χ2n) is 4.95. The average Bonchev–Trinajstić information content (AvgIpc) is 2.85. The molecule has 0 bridgehead atoms. The maximum absolute atomic E-state index is 12.5. The summed E-state index contributed by atoms with van der Waals surface area (Å²) in [4.78, 5) is 24.0. The molecule has 0 aliphatic heterocycles. The van der Waals surface area contributed by atoms with Gasteiger partial charge in [-0.25, -0.2) is 4.79 Å². The van der Waals surface area contributed by atoms with Crippen molar-refractivity contribution in [2.75, 3.05) is 5.32 Å². The highest BCUT2D eigenvalue weighted by Crippen LogP contribution is 2.37. The van der Waals surface area contributed by atoms with Crippen molar-refractivity contribution in [3.05, 3.63) is 57.4 Å². The van der Waals surface area contributed by atoms with E-state index in [1.165, 1.54) is 18.3 Å². The van der Waals surface area contributed by atoms with Crippen molar-refractivity contribution in [3.63, 3.8) is 0 Å². The van der Waals surface area contributed by atoms with Gasteiger partial charge in [0.15, 0.2) is 5.75 Å².